The molecule has 0 fully saturated rings. The molecule has 2 N–H and O–H groups in total. The number of hydrogen-bond acceptors (Lipinski definition) is 3. The molecule has 0 aromatic heterocycles. The van der Waals surface area contributed by atoms with Gasteiger partial charge in [0.1, 0.15) is 5.82 Å². The summed E-state index contributed by atoms with van der Waals surface area (Å²) < 4.78 is 35.4. The Kier molecular flexibility index (Phi) is 7.00. The number of nitrogens with one attached hydrogen (secondary N) is 2. The van der Waals surface area contributed by atoms with Crippen molar-refractivity contribution in [3.05, 3.63) is 35.6 Å². The maximum atomic E-state index is 12.9. The number of benzene rings is 1. The molecule has 0 unspecified atom stereocenters. The van der Waals surface area contributed by atoms with Gasteiger partial charge in [-0.2, -0.15) is 0 Å². The summed E-state index contributed by atoms with van der Waals surface area (Å²) in [6, 6.07) is 6.36. The Morgan fingerprint density at radius 1 is 1.22 bits per heavy atom. The fraction of sp³-hybridized carbons (Fsp3) is 0.562. The first kappa shape index (κ1) is 19.4. The first-order valence-electron chi connectivity index (χ1n) is 7.62. The minimum atomic E-state index is -3.18. The molecule has 0 aliphatic heterocycles. The van der Waals surface area contributed by atoms with Crippen LogP contribution in [0.2, 0.25) is 0 Å². The van der Waals surface area contributed by atoms with Gasteiger partial charge < -0.3 is 10.6 Å². The third-order valence-electron chi connectivity index (χ3n) is 3.59. The zero-order valence-corrected chi connectivity index (χ0v) is 15.0. The molecule has 1 aromatic rings. The molecule has 5 nitrogen and oxygen atoms in total. The molecule has 1 aromatic carbocycles. The van der Waals surface area contributed by atoms with Crippen LogP contribution < -0.4 is 10.6 Å². The topological polar surface area (TPSA) is 70.6 Å². The van der Waals surface area contributed by atoms with Crippen LogP contribution in [-0.2, 0) is 16.3 Å². The SMILES string of the molecule is CCNC(=NCC(C)(C)S(C)(=O)=O)NCCc1ccc(F)cc1. The van der Waals surface area contributed by atoms with Crippen molar-refractivity contribution in [3.63, 3.8) is 0 Å². The van der Waals surface area contributed by atoms with E-state index in [0.29, 0.717) is 19.0 Å². The highest BCUT2D eigenvalue weighted by atomic mass is 32.2. The number of halogens is 1. The number of guanidine groups is 1. The minimum Gasteiger partial charge on any atom is -0.357 e. The highest BCUT2D eigenvalue weighted by molar-refractivity contribution is 7.92. The zero-order chi connectivity index (χ0) is 17.5. The summed E-state index contributed by atoms with van der Waals surface area (Å²) in [5, 5.41) is 6.24. The molecular weight excluding hydrogens is 317 g/mol. The first-order chi connectivity index (χ1) is 10.7. The molecule has 0 saturated carbocycles. The summed E-state index contributed by atoms with van der Waals surface area (Å²) >= 11 is 0. The molecule has 0 atom stereocenters. The second-order valence-electron chi connectivity index (χ2n) is 6.03. The molecular formula is C16H26FN3O2S. The molecule has 0 aliphatic rings. The first-order valence-corrected chi connectivity index (χ1v) is 9.51. The summed E-state index contributed by atoms with van der Waals surface area (Å²) in [6.45, 7) is 6.75. The lowest BCUT2D eigenvalue weighted by molar-refractivity contribution is 0.554. The van der Waals surface area contributed by atoms with Gasteiger partial charge in [-0.3, -0.25) is 4.99 Å². The van der Waals surface area contributed by atoms with Gasteiger partial charge in [-0.1, -0.05) is 12.1 Å². The van der Waals surface area contributed by atoms with Crippen molar-refractivity contribution in [3.8, 4) is 0 Å². The van der Waals surface area contributed by atoms with E-state index < -0.39 is 14.6 Å². The number of sulfone groups is 1. The molecule has 23 heavy (non-hydrogen) atoms. The van der Waals surface area contributed by atoms with E-state index in [2.05, 4.69) is 15.6 Å². The highest BCUT2D eigenvalue weighted by Gasteiger charge is 2.29. The van der Waals surface area contributed by atoms with Crippen LogP contribution in [0, 0.1) is 5.82 Å². The zero-order valence-electron chi connectivity index (χ0n) is 14.2. The van der Waals surface area contributed by atoms with Crippen LogP contribution in [-0.4, -0.2) is 45.0 Å². The van der Waals surface area contributed by atoms with Crippen LogP contribution in [0.3, 0.4) is 0 Å². The van der Waals surface area contributed by atoms with Crippen molar-refractivity contribution in [2.75, 3.05) is 25.9 Å². The van der Waals surface area contributed by atoms with Crippen molar-refractivity contribution in [2.24, 2.45) is 4.99 Å². The molecule has 0 amide bonds. The Morgan fingerprint density at radius 2 is 1.83 bits per heavy atom. The lowest BCUT2D eigenvalue weighted by Crippen LogP contribution is -2.41. The third kappa shape index (κ3) is 6.56. The van der Waals surface area contributed by atoms with Crippen molar-refractivity contribution in [1.29, 1.82) is 0 Å². The average molecular weight is 343 g/mol. The number of hydrogen-bond donors (Lipinski definition) is 2. The highest BCUT2D eigenvalue weighted by Crippen LogP contribution is 2.15. The van der Waals surface area contributed by atoms with Crippen LogP contribution in [0.1, 0.15) is 26.3 Å². The van der Waals surface area contributed by atoms with Crippen LogP contribution in [0.15, 0.2) is 29.3 Å². The smallest absolute Gasteiger partial charge is 0.191 e. The molecule has 0 spiro atoms. The molecule has 0 heterocycles. The fourth-order valence-corrected chi connectivity index (χ4v) is 2.00. The Morgan fingerprint density at radius 3 is 2.35 bits per heavy atom. The van der Waals surface area contributed by atoms with Gasteiger partial charge in [-0.15, -0.1) is 0 Å². The van der Waals surface area contributed by atoms with Crippen molar-refractivity contribution in [1.82, 2.24) is 10.6 Å². The van der Waals surface area contributed by atoms with Crippen LogP contribution in [0.5, 0.6) is 0 Å². The minimum absolute atomic E-state index is 0.178. The number of nitrogens with zero attached hydrogens (tertiary/aromatic N) is 1. The summed E-state index contributed by atoms with van der Waals surface area (Å²) in [6.07, 6.45) is 1.94. The lowest BCUT2D eigenvalue weighted by Gasteiger charge is -2.21. The van der Waals surface area contributed by atoms with Gasteiger partial charge in [0.2, 0.25) is 0 Å². The quantitative estimate of drug-likeness (QED) is 0.584. The number of aliphatic imine (C=N–C) groups is 1. The molecule has 0 saturated heterocycles. The largest absolute Gasteiger partial charge is 0.357 e. The fourth-order valence-electron chi connectivity index (χ4n) is 1.70. The molecule has 7 heteroatoms. The maximum Gasteiger partial charge on any atom is 0.191 e. The summed E-state index contributed by atoms with van der Waals surface area (Å²) in [4.78, 5) is 4.35. The molecule has 0 radical (unpaired) electrons. The van der Waals surface area contributed by atoms with Gasteiger partial charge >= 0.3 is 0 Å². The number of rotatable bonds is 7. The Hall–Kier alpha value is -1.63. The van der Waals surface area contributed by atoms with Crippen molar-refractivity contribution in [2.45, 2.75) is 31.9 Å². The average Bonchev–Trinajstić information content (AvgIpc) is 2.45. The second kappa shape index (κ2) is 8.29. The summed E-state index contributed by atoms with van der Waals surface area (Å²) in [7, 11) is -3.18. The standard InChI is InChI=1S/C16H26FN3O2S/c1-5-18-15(20-12-16(2,3)23(4,21)22)19-11-10-13-6-8-14(17)9-7-13/h6-9H,5,10-12H2,1-4H3,(H2,18,19,20). The third-order valence-corrected chi connectivity index (χ3v) is 5.72. The summed E-state index contributed by atoms with van der Waals surface area (Å²) in [5.74, 6) is 0.325. The molecule has 0 aliphatic carbocycles. The molecule has 0 bridgehead atoms. The van der Waals surface area contributed by atoms with E-state index in [1.54, 1.807) is 26.0 Å². The maximum absolute atomic E-state index is 12.9. The van der Waals surface area contributed by atoms with Gasteiger partial charge in [0, 0.05) is 19.3 Å². The van der Waals surface area contributed by atoms with Gasteiger partial charge in [0.15, 0.2) is 15.8 Å². The normalized spacial score (nSPS) is 13.0. The van der Waals surface area contributed by atoms with E-state index in [0.717, 1.165) is 12.0 Å². The van der Waals surface area contributed by atoms with Gasteiger partial charge in [0.25, 0.3) is 0 Å². The Balaban J connectivity index is 2.61. The van der Waals surface area contributed by atoms with Crippen molar-refractivity contribution >= 4 is 15.8 Å². The van der Waals surface area contributed by atoms with Crippen molar-refractivity contribution < 1.29 is 12.8 Å². The van der Waals surface area contributed by atoms with Gasteiger partial charge in [0.05, 0.1) is 11.3 Å². The Bertz CT molecular complexity index is 625. The Labute approximate surface area is 138 Å². The van der Waals surface area contributed by atoms with Crippen LogP contribution in [0.25, 0.3) is 0 Å². The van der Waals surface area contributed by atoms with E-state index in [9.17, 15) is 12.8 Å². The molecule has 130 valence electrons. The predicted octanol–water partition coefficient (Wildman–Crippen LogP) is 1.75. The van der Waals surface area contributed by atoms with Gasteiger partial charge in [-0.05, 0) is 44.9 Å². The molecule has 1 rings (SSSR count). The lowest BCUT2D eigenvalue weighted by atomic mass is 10.1. The van der Waals surface area contributed by atoms with E-state index in [4.69, 9.17) is 0 Å². The van der Waals surface area contributed by atoms with Crippen LogP contribution >= 0.6 is 0 Å². The predicted molar refractivity (Wildman–Crippen MR) is 93.0 cm³/mol. The second-order valence-corrected chi connectivity index (χ2v) is 8.68. The van der Waals surface area contributed by atoms with Gasteiger partial charge in [-0.25, -0.2) is 12.8 Å². The van der Waals surface area contributed by atoms with Crippen LogP contribution in [0.4, 0.5) is 4.39 Å². The van der Waals surface area contributed by atoms with E-state index in [1.807, 2.05) is 6.92 Å². The van der Waals surface area contributed by atoms with E-state index >= 15 is 0 Å². The summed E-state index contributed by atoms with van der Waals surface area (Å²) in [5.41, 5.74) is 1.02. The van der Waals surface area contributed by atoms with E-state index in [1.165, 1.54) is 18.4 Å². The monoisotopic (exact) mass is 343 g/mol. The van der Waals surface area contributed by atoms with E-state index in [-0.39, 0.29) is 12.4 Å².